The van der Waals surface area contributed by atoms with E-state index in [-0.39, 0.29) is 23.9 Å². The third kappa shape index (κ3) is 3.12. The van der Waals surface area contributed by atoms with Crippen molar-refractivity contribution in [2.24, 2.45) is 11.3 Å². The first-order valence-corrected chi connectivity index (χ1v) is 9.01. The number of amides is 3. The molecule has 0 bridgehead atoms. The predicted octanol–water partition coefficient (Wildman–Crippen LogP) is 2.82. The zero-order valence-corrected chi connectivity index (χ0v) is 14.7. The van der Waals surface area contributed by atoms with Gasteiger partial charge in [0.15, 0.2) is 0 Å². The Labute approximate surface area is 138 Å². The fourth-order valence-electron chi connectivity index (χ4n) is 5.31. The van der Waals surface area contributed by atoms with Gasteiger partial charge in [-0.3, -0.25) is 9.69 Å². The Morgan fingerprint density at radius 3 is 2.43 bits per heavy atom. The second-order valence-electron chi connectivity index (χ2n) is 9.04. The van der Waals surface area contributed by atoms with Crippen LogP contribution in [0.1, 0.15) is 72.1 Å². The molecular formula is C18H30N2O3. The zero-order valence-electron chi connectivity index (χ0n) is 14.7. The summed E-state index contributed by atoms with van der Waals surface area (Å²) in [6.45, 7) is 6.63. The number of carbonyl (C=O) groups is 2. The van der Waals surface area contributed by atoms with Crippen molar-refractivity contribution in [3.63, 3.8) is 0 Å². The lowest BCUT2D eigenvalue weighted by molar-refractivity contribution is -0.137. The number of urea groups is 1. The predicted molar refractivity (Wildman–Crippen MR) is 87.8 cm³/mol. The van der Waals surface area contributed by atoms with Crippen molar-refractivity contribution in [1.29, 1.82) is 0 Å². The lowest BCUT2D eigenvalue weighted by atomic mass is 9.64. The second-order valence-corrected chi connectivity index (χ2v) is 9.04. The normalized spacial score (nSPS) is 36.3. The standard InChI is InChI=1S/C18H30N2O3/c1-13-9-16(2,3)11-18(10-13)14(21)20(15(22)19-18)12-17(23)7-5-4-6-8-17/h13,23H,4-12H2,1-3H3,(H,19,22). The highest BCUT2D eigenvalue weighted by Crippen LogP contribution is 2.46. The molecule has 1 spiro atoms. The summed E-state index contributed by atoms with van der Waals surface area (Å²) < 4.78 is 0. The molecule has 1 heterocycles. The molecule has 2 N–H and O–H groups in total. The fraction of sp³-hybridized carbons (Fsp3) is 0.889. The highest BCUT2D eigenvalue weighted by atomic mass is 16.3. The van der Waals surface area contributed by atoms with Crippen LogP contribution >= 0.6 is 0 Å². The van der Waals surface area contributed by atoms with Crippen molar-refractivity contribution in [3.05, 3.63) is 0 Å². The molecule has 0 aromatic carbocycles. The maximum Gasteiger partial charge on any atom is 0.325 e. The molecule has 0 aromatic rings. The van der Waals surface area contributed by atoms with Gasteiger partial charge in [0.05, 0.1) is 12.1 Å². The fourth-order valence-corrected chi connectivity index (χ4v) is 5.31. The first-order valence-electron chi connectivity index (χ1n) is 9.01. The van der Waals surface area contributed by atoms with E-state index in [1.165, 1.54) is 4.90 Å². The van der Waals surface area contributed by atoms with Crippen molar-refractivity contribution in [3.8, 4) is 0 Å². The average molecular weight is 322 g/mol. The maximum absolute atomic E-state index is 13.1. The number of rotatable bonds is 2. The number of nitrogens with one attached hydrogen (secondary N) is 1. The van der Waals surface area contributed by atoms with Crippen LogP contribution in [-0.2, 0) is 4.79 Å². The summed E-state index contributed by atoms with van der Waals surface area (Å²) in [7, 11) is 0. The van der Waals surface area contributed by atoms with E-state index in [1.807, 2.05) is 0 Å². The molecule has 1 saturated heterocycles. The SMILES string of the molecule is CC1CC(C)(C)CC2(C1)NC(=O)N(CC1(O)CCCCC1)C2=O. The van der Waals surface area contributed by atoms with Crippen LogP contribution in [-0.4, -0.2) is 39.6 Å². The van der Waals surface area contributed by atoms with Crippen molar-refractivity contribution < 1.29 is 14.7 Å². The van der Waals surface area contributed by atoms with Crippen LogP contribution in [0.3, 0.4) is 0 Å². The van der Waals surface area contributed by atoms with Gasteiger partial charge in [0.2, 0.25) is 0 Å². The van der Waals surface area contributed by atoms with Crippen LogP contribution in [0.25, 0.3) is 0 Å². The number of hydrogen-bond donors (Lipinski definition) is 2. The monoisotopic (exact) mass is 322 g/mol. The Morgan fingerprint density at radius 1 is 1.17 bits per heavy atom. The van der Waals surface area contributed by atoms with Crippen LogP contribution < -0.4 is 5.32 Å². The van der Waals surface area contributed by atoms with Crippen molar-refractivity contribution >= 4 is 11.9 Å². The summed E-state index contributed by atoms with van der Waals surface area (Å²) in [6, 6.07) is -0.320. The van der Waals surface area contributed by atoms with E-state index in [4.69, 9.17) is 0 Å². The number of carbonyl (C=O) groups excluding carboxylic acids is 2. The highest BCUT2D eigenvalue weighted by molar-refractivity contribution is 6.07. The average Bonchev–Trinajstić information content (AvgIpc) is 2.61. The van der Waals surface area contributed by atoms with Gasteiger partial charge in [-0.1, -0.05) is 40.0 Å². The van der Waals surface area contributed by atoms with Gasteiger partial charge in [0.25, 0.3) is 5.91 Å². The van der Waals surface area contributed by atoms with Gasteiger partial charge in [-0.25, -0.2) is 4.79 Å². The van der Waals surface area contributed by atoms with E-state index >= 15 is 0 Å². The molecule has 2 atom stereocenters. The first-order chi connectivity index (χ1) is 10.6. The van der Waals surface area contributed by atoms with Crippen LogP contribution in [0.4, 0.5) is 4.79 Å². The summed E-state index contributed by atoms with van der Waals surface area (Å²) in [5, 5.41) is 13.7. The molecule has 2 unspecified atom stereocenters. The van der Waals surface area contributed by atoms with Gasteiger partial charge in [0, 0.05) is 0 Å². The highest BCUT2D eigenvalue weighted by Gasteiger charge is 2.57. The maximum atomic E-state index is 13.1. The third-order valence-corrected chi connectivity index (χ3v) is 5.86. The van der Waals surface area contributed by atoms with Crippen LogP contribution in [0.15, 0.2) is 0 Å². The molecule has 0 aromatic heterocycles. The molecule has 1 aliphatic heterocycles. The minimum atomic E-state index is -0.896. The van der Waals surface area contributed by atoms with E-state index in [9.17, 15) is 14.7 Å². The quantitative estimate of drug-likeness (QED) is 0.768. The van der Waals surface area contributed by atoms with Gasteiger partial charge < -0.3 is 10.4 Å². The van der Waals surface area contributed by atoms with Gasteiger partial charge in [-0.2, -0.15) is 0 Å². The summed E-state index contributed by atoms with van der Waals surface area (Å²) >= 11 is 0. The Kier molecular flexibility index (Phi) is 3.98. The molecule has 0 radical (unpaired) electrons. The smallest absolute Gasteiger partial charge is 0.325 e. The summed E-state index contributed by atoms with van der Waals surface area (Å²) in [4.78, 5) is 26.8. The van der Waals surface area contributed by atoms with Crippen LogP contribution in [0.2, 0.25) is 0 Å². The van der Waals surface area contributed by atoms with E-state index < -0.39 is 11.1 Å². The molecule has 2 aliphatic carbocycles. The molecular weight excluding hydrogens is 292 g/mol. The molecule has 3 rings (SSSR count). The third-order valence-electron chi connectivity index (χ3n) is 5.86. The molecule has 5 nitrogen and oxygen atoms in total. The second kappa shape index (κ2) is 5.47. The minimum Gasteiger partial charge on any atom is -0.388 e. The molecule has 130 valence electrons. The summed E-state index contributed by atoms with van der Waals surface area (Å²) in [5.41, 5.74) is -1.62. The Balaban J connectivity index is 1.79. The van der Waals surface area contributed by atoms with Crippen molar-refractivity contribution in [2.75, 3.05) is 6.54 Å². The van der Waals surface area contributed by atoms with Crippen molar-refractivity contribution in [2.45, 2.75) is 83.3 Å². The topological polar surface area (TPSA) is 69.6 Å². The summed E-state index contributed by atoms with van der Waals surface area (Å²) in [5.74, 6) is 0.279. The molecule has 23 heavy (non-hydrogen) atoms. The number of hydrogen-bond acceptors (Lipinski definition) is 3. The Morgan fingerprint density at radius 2 is 1.83 bits per heavy atom. The van der Waals surface area contributed by atoms with E-state index in [0.29, 0.717) is 31.6 Å². The van der Waals surface area contributed by atoms with Gasteiger partial charge >= 0.3 is 6.03 Å². The van der Waals surface area contributed by atoms with Gasteiger partial charge in [0.1, 0.15) is 5.54 Å². The molecule has 5 heteroatoms. The number of imide groups is 1. The number of β-amino-alcohol motifs (C(OH)–C–C–N with tert-alkyl or cyclic N) is 1. The van der Waals surface area contributed by atoms with Gasteiger partial charge in [-0.15, -0.1) is 0 Å². The minimum absolute atomic E-state index is 0.0400. The van der Waals surface area contributed by atoms with Crippen LogP contribution in [0, 0.1) is 11.3 Å². The van der Waals surface area contributed by atoms with E-state index in [2.05, 4.69) is 26.1 Å². The van der Waals surface area contributed by atoms with Crippen molar-refractivity contribution in [1.82, 2.24) is 10.2 Å². The molecule has 3 amide bonds. The number of nitrogens with zero attached hydrogens (tertiary/aromatic N) is 1. The van der Waals surface area contributed by atoms with E-state index in [1.54, 1.807) is 0 Å². The Hall–Kier alpha value is -1.10. The van der Waals surface area contributed by atoms with Crippen LogP contribution in [0.5, 0.6) is 0 Å². The molecule has 2 saturated carbocycles. The zero-order chi connectivity index (χ0) is 16.9. The lowest BCUT2D eigenvalue weighted by Gasteiger charge is -2.44. The molecule has 3 fully saturated rings. The summed E-state index contributed by atoms with van der Waals surface area (Å²) in [6.07, 6.45) is 6.88. The lowest BCUT2D eigenvalue weighted by Crippen LogP contribution is -2.54. The first kappa shape index (κ1) is 16.7. The largest absolute Gasteiger partial charge is 0.388 e. The molecule has 3 aliphatic rings. The van der Waals surface area contributed by atoms with E-state index in [0.717, 1.165) is 25.7 Å². The number of aliphatic hydroxyl groups is 1. The van der Waals surface area contributed by atoms with Gasteiger partial charge in [-0.05, 0) is 43.4 Å². The Bertz CT molecular complexity index is 510.